The summed E-state index contributed by atoms with van der Waals surface area (Å²) in [5.74, 6) is 1.12. The molecular weight excluding hydrogens is 210 g/mol. The molecule has 2 nitrogen and oxygen atoms in total. The van der Waals surface area contributed by atoms with E-state index in [1.54, 1.807) is 0 Å². The van der Waals surface area contributed by atoms with Crippen LogP contribution in [-0.2, 0) is 13.0 Å². The topological polar surface area (TPSA) is 21.3 Å². The fourth-order valence-electron chi connectivity index (χ4n) is 2.49. The molecule has 1 fully saturated rings. The van der Waals surface area contributed by atoms with Crippen molar-refractivity contribution in [3.05, 3.63) is 29.3 Å². The summed E-state index contributed by atoms with van der Waals surface area (Å²) >= 11 is 0. The fourth-order valence-corrected chi connectivity index (χ4v) is 2.49. The zero-order valence-electron chi connectivity index (χ0n) is 11.0. The molecule has 92 valence electrons. The number of rotatable bonds is 3. The summed E-state index contributed by atoms with van der Waals surface area (Å²) in [6.07, 6.45) is 3.62. The predicted molar refractivity (Wildman–Crippen MR) is 69.3 cm³/mol. The van der Waals surface area contributed by atoms with E-state index in [9.17, 15) is 0 Å². The Hall–Kier alpha value is -1.02. The maximum absolute atomic E-state index is 6.07. The maximum Gasteiger partial charge on any atom is 0.127 e. The Kier molecular flexibility index (Phi) is 2.27. The normalized spacial score (nSPS) is 23.0. The molecule has 1 N–H and O–H groups in total. The van der Waals surface area contributed by atoms with E-state index in [-0.39, 0.29) is 5.60 Å². The van der Waals surface area contributed by atoms with E-state index in [1.165, 1.54) is 24.0 Å². The second kappa shape index (κ2) is 3.49. The lowest BCUT2D eigenvalue weighted by atomic mass is 10.0. The minimum atomic E-state index is -0.0398. The van der Waals surface area contributed by atoms with Crippen molar-refractivity contribution in [2.24, 2.45) is 0 Å². The highest BCUT2D eigenvalue weighted by molar-refractivity contribution is 5.45. The molecule has 0 aromatic heterocycles. The van der Waals surface area contributed by atoms with Gasteiger partial charge in [-0.15, -0.1) is 0 Å². The number of hydrogen-bond acceptors (Lipinski definition) is 2. The van der Waals surface area contributed by atoms with Crippen molar-refractivity contribution in [3.63, 3.8) is 0 Å². The molecule has 0 bridgehead atoms. The number of hydrogen-bond donors (Lipinski definition) is 1. The summed E-state index contributed by atoms with van der Waals surface area (Å²) in [6, 6.07) is 6.52. The molecule has 0 amide bonds. The molecule has 1 aliphatic carbocycles. The van der Waals surface area contributed by atoms with E-state index < -0.39 is 0 Å². The minimum Gasteiger partial charge on any atom is -0.487 e. The molecule has 1 heterocycles. The second-order valence-corrected chi connectivity index (χ2v) is 6.36. The van der Waals surface area contributed by atoms with Crippen molar-refractivity contribution in [3.8, 4) is 5.75 Å². The highest BCUT2D eigenvalue weighted by atomic mass is 16.5. The summed E-state index contributed by atoms with van der Waals surface area (Å²) in [4.78, 5) is 0. The summed E-state index contributed by atoms with van der Waals surface area (Å²) in [7, 11) is 0. The lowest BCUT2D eigenvalue weighted by Crippen LogP contribution is -2.28. The Labute approximate surface area is 103 Å². The van der Waals surface area contributed by atoms with Gasteiger partial charge < -0.3 is 10.1 Å². The zero-order valence-corrected chi connectivity index (χ0v) is 11.0. The van der Waals surface area contributed by atoms with Crippen molar-refractivity contribution in [1.82, 2.24) is 5.32 Å². The average molecular weight is 231 g/mol. The van der Waals surface area contributed by atoms with Crippen LogP contribution in [0.4, 0.5) is 0 Å². The SMILES string of the molecule is CC1(NCc2cccc3c2OC(C)(C)C3)CC1. The van der Waals surface area contributed by atoms with E-state index in [0.29, 0.717) is 5.54 Å². The van der Waals surface area contributed by atoms with Crippen LogP contribution in [0.15, 0.2) is 18.2 Å². The van der Waals surface area contributed by atoms with Crippen LogP contribution >= 0.6 is 0 Å². The van der Waals surface area contributed by atoms with E-state index in [4.69, 9.17) is 4.74 Å². The van der Waals surface area contributed by atoms with Gasteiger partial charge >= 0.3 is 0 Å². The van der Waals surface area contributed by atoms with Gasteiger partial charge in [0.05, 0.1) is 0 Å². The highest BCUT2D eigenvalue weighted by Crippen LogP contribution is 2.39. The Bertz CT molecular complexity index is 446. The summed E-state index contributed by atoms with van der Waals surface area (Å²) in [5.41, 5.74) is 3.01. The third-order valence-corrected chi connectivity index (χ3v) is 3.88. The number of nitrogens with one attached hydrogen (secondary N) is 1. The van der Waals surface area contributed by atoms with Gasteiger partial charge in [-0.1, -0.05) is 18.2 Å². The Morgan fingerprint density at radius 1 is 1.24 bits per heavy atom. The summed E-state index contributed by atoms with van der Waals surface area (Å²) < 4.78 is 6.07. The first-order valence-corrected chi connectivity index (χ1v) is 6.52. The van der Waals surface area contributed by atoms with Gasteiger partial charge in [-0.2, -0.15) is 0 Å². The van der Waals surface area contributed by atoms with Crippen LogP contribution in [0.3, 0.4) is 0 Å². The van der Waals surface area contributed by atoms with Crippen molar-refractivity contribution in [2.75, 3.05) is 0 Å². The highest BCUT2D eigenvalue weighted by Gasteiger charge is 2.37. The van der Waals surface area contributed by atoms with Crippen LogP contribution in [0.25, 0.3) is 0 Å². The molecule has 3 rings (SSSR count). The molecule has 2 heteroatoms. The molecule has 0 unspecified atom stereocenters. The summed E-state index contributed by atoms with van der Waals surface area (Å²) in [6.45, 7) is 7.54. The van der Waals surface area contributed by atoms with E-state index in [2.05, 4.69) is 44.3 Å². The van der Waals surface area contributed by atoms with Crippen LogP contribution in [-0.4, -0.2) is 11.1 Å². The molecule has 17 heavy (non-hydrogen) atoms. The van der Waals surface area contributed by atoms with Gasteiger partial charge in [0.25, 0.3) is 0 Å². The fraction of sp³-hybridized carbons (Fsp3) is 0.600. The predicted octanol–water partition coefficient (Wildman–Crippen LogP) is 3.04. The first kappa shape index (κ1) is 11.1. The second-order valence-electron chi connectivity index (χ2n) is 6.36. The van der Waals surface area contributed by atoms with Gasteiger partial charge in [0.2, 0.25) is 0 Å². The summed E-state index contributed by atoms with van der Waals surface area (Å²) in [5, 5.41) is 3.63. The molecule has 0 spiro atoms. The van der Waals surface area contributed by atoms with Gasteiger partial charge in [-0.3, -0.25) is 0 Å². The van der Waals surface area contributed by atoms with Crippen LogP contribution in [0, 0.1) is 0 Å². The molecule has 1 saturated carbocycles. The first-order valence-electron chi connectivity index (χ1n) is 6.52. The molecule has 1 aliphatic heterocycles. The van der Waals surface area contributed by atoms with Gasteiger partial charge in [0.1, 0.15) is 11.4 Å². The van der Waals surface area contributed by atoms with Gasteiger partial charge in [-0.05, 0) is 39.2 Å². The Morgan fingerprint density at radius 2 is 2.00 bits per heavy atom. The quantitative estimate of drug-likeness (QED) is 0.863. The monoisotopic (exact) mass is 231 g/mol. The molecule has 1 aromatic carbocycles. The van der Waals surface area contributed by atoms with E-state index in [1.807, 2.05) is 0 Å². The molecule has 2 aliphatic rings. The van der Waals surface area contributed by atoms with Crippen LogP contribution < -0.4 is 10.1 Å². The number of fused-ring (bicyclic) bond motifs is 1. The van der Waals surface area contributed by atoms with Crippen molar-refractivity contribution in [2.45, 2.75) is 57.7 Å². The standard InChI is InChI=1S/C15H21NO/c1-14(2)9-11-5-4-6-12(13(11)17-14)10-16-15(3)7-8-15/h4-6,16H,7-10H2,1-3H3. The smallest absolute Gasteiger partial charge is 0.127 e. The average Bonchev–Trinajstić information content (AvgIpc) is 2.87. The maximum atomic E-state index is 6.07. The van der Waals surface area contributed by atoms with Crippen LogP contribution in [0.1, 0.15) is 44.7 Å². The number of para-hydroxylation sites is 1. The minimum absolute atomic E-state index is 0.0398. The third kappa shape index (κ3) is 2.19. The zero-order chi connectivity index (χ0) is 12.1. The van der Waals surface area contributed by atoms with Crippen molar-refractivity contribution < 1.29 is 4.74 Å². The largest absolute Gasteiger partial charge is 0.487 e. The Balaban J connectivity index is 1.80. The lowest BCUT2D eigenvalue weighted by Gasteiger charge is -2.19. The molecule has 0 radical (unpaired) electrons. The molecule has 1 aromatic rings. The van der Waals surface area contributed by atoms with Crippen molar-refractivity contribution in [1.29, 1.82) is 0 Å². The van der Waals surface area contributed by atoms with Gasteiger partial charge in [0, 0.05) is 24.1 Å². The lowest BCUT2D eigenvalue weighted by molar-refractivity contribution is 0.137. The van der Waals surface area contributed by atoms with Crippen molar-refractivity contribution >= 4 is 0 Å². The number of benzene rings is 1. The van der Waals surface area contributed by atoms with Gasteiger partial charge in [-0.25, -0.2) is 0 Å². The van der Waals surface area contributed by atoms with Gasteiger partial charge in [0.15, 0.2) is 0 Å². The van der Waals surface area contributed by atoms with E-state index in [0.717, 1.165) is 18.7 Å². The Morgan fingerprint density at radius 3 is 2.71 bits per heavy atom. The number of ether oxygens (including phenoxy) is 1. The third-order valence-electron chi connectivity index (χ3n) is 3.88. The molecular formula is C15H21NO. The molecule has 0 atom stereocenters. The van der Waals surface area contributed by atoms with Crippen LogP contribution in [0.5, 0.6) is 5.75 Å². The first-order chi connectivity index (χ1) is 7.98. The molecule has 0 saturated heterocycles. The van der Waals surface area contributed by atoms with E-state index >= 15 is 0 Å². The van der Waals surface area contributed by atoms with Crippen LogP contribution in [0.2, 0.25) is 0 Å².